The van der Waals surface area contributed by atoms with E-state index in [0.29, 0.717) is 26.6 Å². The van der Waals surface area contributed by atoms with Gasteiger partial charge in [-0.2, -0.15) is 0 Å². The van der Waals surface area contributed by atoms with Crippen LogP contribution < -0.4 is 10.5 Å². The van der Waals surface area contributed by atoms with Gasteiger partial charge in [0.05, 0.1) is 16.3 Å². The number of nitrogens with zero attached hydrogens (tertiary/aromatic N) is 3. The van der Waals surface area contributed by atoms with Gasteiger partial charge in [-0.15, -0.1) is 0 Å². The predicted molar refractivity (Wildman–Crippen MR) is 122 cm³/mol. The quantitative estimate of drug-likeness (QED) is 0.349. The molecule has 0 saturated heterocycles. The molecule has 0 aliphatic rings. The summed E-state index contributed by atoms with van der Waals surface area (Å²) in [6, 6.07) is 17.7. The number of anilines is 1. The summed E-state index contributed by atoms with van der Waals surface area (Å²) in [5.41, 5.74) is 1.08. The molecule has 31 heavy (non-hydrogen) atoms. The molecule has 0 aliphatic carbocycles. The van der Waals surface area contributed by atoms with Crippen molar-refractivity contribution in [3.05, 3.63) is 99.6 Å². The number of fused-ring (bicyclic) bond motifs is 2. The summed E-state index contributed by atoms with van der Waals surface area (Å²) in [7, 11) is 0. The minimum atomic E-state index is -0.695. The van der Waals surface area contributed by atoms with Crippen LogP contribution in [-0.2, 0) is 6.54 Å². The Bertz CT molecular complexity index is 1480. The van der Waals surface area contributed by atoms with Crippen molar-refractivity contribution < 1.29 is 9.21 Å². The second-order valence-electron chi connectivity index (χ2n) is 6.82. The second kappa shape index (κ2) is 7.94. The van der Waals surface area contributed by atoms with E-state index >= 15 is 0 Å². The number of para-hydroxylation sites is 2. The summed E-state index contributed by atoms with van der Waals surface area (Å²) >= 11 is 7.62. The third kappa shape index (κ3) is 3.69. The molecule has 0 bridgehead atoms. The van der Waals surface area contributed by atoms with Crippen LogP contribution >= 0.6 is 22.9 Å². The minimum Gasteiger partial charge on any atom is -0.422 e. The Hall–Kier alpha value is -3.55. The van der Waals surface area contributed by atoms with Crippen molar-refractivity contribution in [2.75, 3.05) is 4.90 Å². The van der Waals surface area contributed by atoms with Gasteiger partial charge in [-0.25, -0.2) is 9.78 Å². The Morgan fingerprint density at radius 1 is 1.10 bits per heavy atom. The minimum absolute atomic E-state index is 0.0621. The summed E-state index contributed by atoms with van der Waals surface area (Å²) in [6.07, 6.45) is 3.33. The van der Waals surface area contributed by atoms with Crippen molar-refractivity contribution in [3.63, 3.8) is 0 Å². The third-order valence-electron chi connectivity index (χ3n) is 4.77. The molecule has 3 aromatic heterocycles. The van der Waals surface area contributed by atoms with Crippen molar-refractivity contribution in [1.29, 1.82) is 0 Å². The Morgan fingerprint density at radius 2 is 1.97 bits per heavy atom. The first-order valence-electron chi connectivity index (χ1n) is 9.39. The normalized spacial score (nSPS) is 11.1. The maximum absolute atomic E-state index is 13.6. The third-order valence-corrected chi connectivity index (χ3v) is 6.12. The Morgan fingerprint density at radius 3 is 2.77 bits per heavy atom. The number of pyridine rings is 1. The number of amides is 1. The Kier molecular flexibility index (Phi) is 4.97. The van der Waals surface area contributed by atoms with E-state index in [1.165, 1.54) is 16.2 Å². The average Bonchev–Trinajstić information content (AvgIpc) is 3.23. The molecule has 8 heteroatoms. The summed E-state index contributed by atoms with van der Waals surface area (Å²) in [6.45, 7) is 0.191. The highest BCUT2D eigenvalue weighted by molar-refractivity contribution is 7.22. The molecular weight excluding hydrogens is 434 g/mol. The van der Waals surface area contributed by atoms with Gasteiger partial charge in [-0.05, 0) is 35.9 Å². The van der Waals surface area contributed by atoms with E-state index in [0.717, 1.165) is 10.3 Å². The molecular formula is C23H14ClN3O3S. The van der Waals surface area contributed by atoms with E-state index in [-0.39, 0.29) is 12.1 Å². The second-order valence-corrected chi connectivity index (χ2v) is 8.24. The molecule has 0 atom stereocenters. The van der Waals surface area contributed by atoms with Crippen LogP contribution in [0.4, 0.5) is 5.13 Å². The lowest BCUT2D eigenvalue weighted by Gasteiger charge is -2.19. The highest BCUT2D eigenvalue weighted by Gasteiger charge is 2.25. The summed E-state index contributed by atoms with van der Waals surface area (Å²) < 4.78 is 6.22. The zero-order valence-electron chi connectivity index (χ0n) is 16.0. The standard InChI is InChI=1S/C23H14ClN3O3S/c24-17-7-3-9-19-20(17)26-23(31-19)27(13-14-5-4-10-25-12-14)21(28)16-11-15-6-1-2-8-18(15)30-22(16)29/h1-12H,13H2. The van der Waals surface area contributed by atoms with Crippen LogP contribution in [0.15, 0.2) is 82.3 Å². The van der Waals surface area contributed by atoms with Gasteiger partial charge in [0.25, 0.3) is 5.91 Å². The van der Waals surface area contributed by atoms with Crippen molar-refractivity contribution in [2.24, 2.45) is 0 Å². The largest absolute Gasteiger partial charge is 0.422 e. The van der Waals surface area contributed by atoms with Crippen LogP contribution in [0.25, 0.3) is 21.2 Å². The van der Waals surface area contributed by atoms with Gasteiger partial charge in [0.2, 0.25) is 0 Å². The Balaban J connectivity index is 1.64. The number of aromatic nitrogens is 2. The van der Waals surface area contributed by atoms with Crippen LogP contribution in [-0.4, -0.2) is 15.9 Å². The number of rotatable bonds is 4. The first-order valence-corrected chi connectivity index (χ1v) is 10.6. The maximum Gasteiger partial charge on any atom is 0.349 e. The first kappa shape index (κ1) is 19.4. The fourth-order valence-corrected chi connectivity index (χ4v) is 4.54. The van der Waals surface area contributed by atoms with Gasteiger partial charge < -0.3 is 4.42 Å². The first-order chi connectivity index (χ1) is 15.1. The number of hydrogen-bond donors (Lipinski definition) is 0. The van der Waals surface area contributed by atoms with E-state index in [1.807, 2.05) is 24.3 Å². The summed E-state index contributed by atoms with van der Waals surface area (Å²) in [4.78, 5) is 36.3. The number of halogens is 1. The van der Waals surface area contributed by atoms with Gasteiger partial charge in [0.1, 0.15) is 16.7 Å². The molecule has 0 aliphatic heterocycles. The molecule has 0 saturated carbocycles. The SMILES string of the molecule is O=C(c1cc2ccccc2oc1=O)N(Cc1cccnc1)c1nc2c(Cl)cccc2s1. The smallest absolute Gasteiger partial charge is 0.349 e. The number of benzene rings is 2. The van der Waals surface area contributed by atoms with Gasteiger partial charge in [0.15, 0.2) is 5.13 Å². The predicted octanol–water partition coefficient (Wildman–Crippen LogP) is 5.30. The molecule has 0 N–H and O–H groups in total. The Labute approximate surface area is 185 Å². The lowest BCUT2D eigenvalue weighted by Crippen LogP contribution is -2.33. The lowest BCUT2D eigenvalue weighted by atomic mass is 10.1. The fraction of sp³-hybridized carbons (Fsp3) is 0.0435. The molecule has 5 rings (SSSR count). The van der Waals surface area contributed by atoms with Gasteiger partial charge >= 0.3 is 5.63 Å². The van der Waals surface area contributed by atoms with Crippen LogP contribution in [0.1, 0.15) is 15.9 Å². The average molecular weight is 448 g/mol. The van der Waals surface area contributed by atoms with Crippen LogP contribution in [0.3, 0.4) is 0 Å². The number of hydrogen-bond acceptors (Lipinski definition) is 6. The number of carbonyl (C=O) groups is 1. The number of carbonyl (C=O) groups excluding carboxylic acids is 1. The molecule has 0 spiro atoms. The van der Waals surface area contributed by atoms with Crippen molar-refractivity contribution in [2.45, 2.75) is 6.54 Å². The van der Waals surface area contributed by atoms with Gasteiger partial charge in [-0.1, -0.05) is 53.3 Å². The number of thiazole rings is 1. The van der Waals surface area contributed by atoms with Crippen LogP contribution in [0, 0.1) is 0 Å². The van der Waals surface area contributed by atoms with E-state index in [4.69, 9.17) is 16.0 Å². The molecule has 2 aromatic carbocycles. The van der Waals surface area contributed by atoms with Crippen molar-refractivity contribution in [3.8, 4) is 0 Å². The van der Waals surface area contributed by atoms with Crippen LogP contribution in [0.2, 0.25) is 5.02 Å². The molecule has 6 nitrogen and oxygen atoms in total. The van der Waals surface area contributed by atoms with E-state index in [2.05, 4.69) is 9.97 Å². The maximum atomic E-state index is 13.6. The molecule has 152 valence electrons. The van der Waals surface area contributed by atoms with E-state index < -0.39 is 11.5 Å². The van der Waals surface area contributed by atoms with Crippen molar-refractivity contribution in [1.82, 2.24) is 9.97 Å². The lowest BCUT2D eigenvalue weighted by molar-refractivity contribution is 0.0981. The highest BCUT2D eigenvalue weighted by Crippen LogP contribution is 2.34. The topological polar surface area (TPSA) is 76.3 Å². The van der Waals surface area contributed by atoms with Crippen molar-refractivity contribution >= 4 is 55.2 Å². The fourth-order valence-electron chi connectivity index (χ4n) is 3.28. The monoisotopic (exact) mass is 447 g/mol. The molecule has 0 radical (unpaired) electrons. The highest BCUT2D eigenvalue weighted by atomic mass is 35.5. The van der Waals surface area contributed by atoms with Gasteiger partial charge in [0, 0.05) is 17.8 Å². The molecule has 0 unspecified atom stereocenters. The van der Waals surface area contributed by atoms with Crippen LogP contribution in [0.5, 0.6) is 0 Å². The molecule has 1 amide bonds. The zero-order chi connectivity index (χ0) is 21.4. The van der Waals surface area contributed by atoms with E-state index in [1.54, 1.807) is 48.8 Å². The van der Waals surface area contributed by atoms with E-state index in [9.17, 15) is 9.59 Å². The zero-order valence-corrected chi connectivity index (χ0v) is 17.6. The summed E-state index contributed by atoms with van der Waals surface area (Å²) in [5.74, 6) is -0.501. The molecule has 3 heterocycles. The summed E-state index contributed by atoms with van der Waals surface area (Å²) in [5, 5.41) is 1.60. The molecule has 0 fully saturated rings. The molecule has 5 aromatic rings. The van der Waals surface area contributed by atoms with Gasteiger partial charge in [-0.3, -0.25) is 14.7 Å².